The number of nitrogens with one attached hydrogen (secondary N) is 1. The number of piperidine rings is 1. The Morgan fingerprint density at radius 2 is 2.17 bits per heavy atom. The number of hydrogen-bond donors (Lipinski definition) is 2. The van der Waals surface area contributed by atoms with Crippen molar-refractivity contribution in [3.63, 3.8) is 0 Å². The molecule has 3 aliphatic heterocycles. The summed E-state index contributed by atoms with van der Waals surface area (Å²) in [4.78, 5) is 27.6. The Morgan fingerprint density at radius 3 is 2.91 bits per heavy atom. The molecule has 9 nitrogen and oxygen atoms in total. The highest BCUT2D eigenvalue weighted by atomic mass is 16.6. The van der Waals surface area contributed by atoms with Gasteiger partial charge in [0.05, 0.1) is 18.1 Å². The van der Waals surface area contributed by atoms with Gasteiger partial charge in [-0.2, -0.15) is 0 Å². The second-order valence-electron chi connectivity index (χ2n) is 10.4. The molecule has 2 N–H and O–H groups in total. The van der Waals surface area contributed by atoms with Crippen LogP contribution in [0.15, 0.2) is 24.0 Å². The first-order chi connectivity index (χ1) is 16.8. The summed E-state index contributed by atoms with van der Waals surface area (Å²) in [7, 11) is 3.64. The molecule has 0 aromatic heterocycles. The maximum Gasteiger partial charge on any atom is 0.352 e. The number of rotatable bonds is 5. The molecule has 1 aromatic rings. The highest BCUT2D eigenvalue weighted by molar-refractivity contribution is 5.82. The molecule has 1 spiro atoms. The van der Waals surface area contributed by atoms with Gasteiger partial charge in [-0.25, -0.2) is 4.79 Å². The van der Waals surface area contributed by atoms with Gasteiger partial charge in [0.15, 0.2) is 23.7 Å². The number of hydrogen-bond acceptors (Lipinski definition) is 9. The van der Waals surface area contributed by atoms with Gasteiger partial charge >= 0.3 is 11.9 Å². The summed E-state index contributed by atoms with van der Waals surface area (Å²) in [5, 5.41) is 15.3. The van der Waals surface area contributed by atoms with Gasteiger partial charge in [-0.05, 0) is 70.5 Å². The van der Waals surface area contributed by atoms with Crippen molar-refractivity contribution < 1.29 is 33.6 Å². The number of ether oxygens (including phenoxy) is 4. The minimum Gasteiger partial charge on any atom is -0.493 e. The fraction of sp³-hybridized carbons (Fsp3) is 0.615. The van der Waals surface area contributed by atoms with Gasteiger partial charge in [0.1, 0.15) is 11.8 Å². The quantitative estimate of drug-likeness (QED) is 0.596. The van der Waals surface area contributed by atoms with Crippen LogP contribution < -0.4 is 14.8 Å². The van der Waals surface area contributed by atoms with E-state index in [0.29, 0.717) is 42.9 Å². The zero-order valence-corrected chi connectivity index (χ0v) is 20.3. The molecule has 6 atom stereocenters. The second-order valence-corrected chi connectivity index (χ2v) is 10.4. The van der Waals surface area contributed by atoms with Crippen molar-refractivity contribution in [2.24, 2.45) is 0 Å². The number of benzene rings is 1. The van der Waals surface area contributed by atoms with Crippen molar-refractivity contribution in [3.8, 4) is 11.5 Å². The highest BCUT2D eigenvalue weighted by Gasteiger charge is 2.72. The Labute approximate surface area is 204 Å². The summed E-state index contributed by atoms with van der Waals surface area (Å²) in [6, 6.07) is 3.49. The zero-order valence-electron chi connectivity index (χ0n) is 20.3. The lowest BCUT2D eigenvalue weighted by atomic mass is 9.50. The molecule has 0 amide bonds. The van der Waals surface area contributed by atoms with E-state index < -0.39 is 35.2 Å². The number of carbonyl (C=O) groups is 2. The van der Waals surface area contributed by atoms with Gasteiger partial charge in [-0.15, -0.1) is 0 Å². The average Bonchev–Trinajstić information content (AvgIpc) is 3.49. The zero-order chi connectivity index (χ0) is 24.5. The number of esters is 2. The summed E-state index contributed by atoms with van der Waals surface area (Å²) in [5.74, 6) is 0.477. The van der Waals surface area contributed by atoms with Crippen LogP contribution in [0.25, 0.3) is 0 Å². The minimum atomic E-state index is -1.07. The van der Waals surface area contributed by atoms with Crippen LogP contribution in [0.1, 0.15) is 43.7 Å². The number of methoxy groups -OCH3 is 1. The lowest BCUT2D eigenvalue weighted by Crippen LogP contribution is -2.74. The molecule has 1 aromatic carbocycles. The van der Waals surface area contributed by atoms with E-state index in [1.165, 1.54) is 6.92 Å². The predicted octanol–water partition coefficient (Wildman–Crippen LogP) is 1.20. The fourth-order valence-electron chi connectivity index (χ4n) is 6.98. The maximum atomic E-state index is 13.0. The smallest absolute Gasteiger partial charge is 0.352 e. The Kier molecular flexibility index (Phi) is 5.18. The third kappa shape index (κ3) is 3.04. The van der Waals surface area contributed by atoms with Crippen LogP contribution in [0.5, 0.6) is 11.5 Å². The second kappa shape index (κ2) is 7.94. The summed E-state index contributed by atoms with van der Waals surface area (Å²) in [5.41, 5.74) is 0.280. The summed E-state index contributed by atoms with van der Waals surface area (Å²) in [6.45, 7) is 3.06. The van der Waals surface area contributed by atoms with E-state index in [1.807, 2.05) is 13.1 Å². The third-order valence-electron chi connectivity index (χ3n) is 8.75. The molecule has 2 bridgehead atoms. The van der Waals surface area contributed by atoms with Crippen LogP contribution >= 0.6 is 0 Å². The molecule has 2 fully saturated rings. The summed E-state index contributed by atoms with van der Waals surface area (Å²) >= 11 is 0. The van der Waals surface area contributed by atoms with E-state index in [4.69, 9.17) is 18.9 Å². The number of carbonyl (C=O) groups excluding carboxylic acids is 2. The van der Waals surface area contributed by atoms with Crippen LogP contribution in [-0.4, -0.2) is 79.1 Å². The Hall–Kier alpha value is -2.62. The molecule has 0 radical (unpaired) electrons. The molecule has 3 heterocycles. The molecule has 5 aliphatic rings. The standard InChI is InChI=1S/C26H32N2O7/c1-14(33-24(30)16-5-4-11-27-16)23(29)34-18-8-9-26(31)19-13-15-6-7-17(32-3)21-20(15)25(26,22(18)35-21)10-12-28(19)2/h6-8,14,16,19,22,27,31H,4-5,9-13H2,1-3H3/t14-,16?,19+,22-,25-,26+/m0/s1. The van der Waals surface area contributed by atoms with Gasteiger partial charge in [0, 0.05) is 18.0 Å². The van der Waals surface area contributed by atoms with Gasteiger partial charge < -0.3 is 34.3 Å². The largest absolute Gasteiger partial charge is 0.493 e. The summed E-state index contributed by atoms with van der Waals surface area (Å²) < 4.78 is 23.3. The minimum absolute atomic E-state index is 0.0820. The van der Waals surface area contributed by atoms with E-state index >= 15 is 0 Å². The van der Waals surface area contributed by atoms with E-state index in [2.05, 4.69) is 16.3 Å². The van der Waals surface area contributed by atoms with Crippen LogP contribution in [0, 0.1) is 0 Å². The first-order valence-electron chi connectivity index (χ1n) is 12.5. The maximum absolute atomic E-state index is 13.0. The van der Waals surface area contributed by atoms with Crippen LogP contribution in [0.3, 0.4) is 0 Å². The highest BCUT2D eigenvalue weighted by Crippen LogP contribution is 2.65. The Bertz CT molecular complexity index is 1110. The van der Waals surface area contributed by atoms with Gasteiger partial charge in [0.25, 0.3) is 0 Å². The Morgan fingerprint density at radius 1 is 1.34 bits per heavy atom. The predicted molar refractivity (Wildman–Crippen MR) is 124 cm³/mol. The van der Waals surface area contributed by atoms with E-state index in [1.54, 1.807) is 13.2 Å². The summed E-state index contributed by atoms with van der Waals surface area (Å²) in [6.07, 6.45) is 3.33. The van der Waals surface area contributed by atoms with Gasteiger partial charge in [-0.1, -0.05) is 6.07 Å². The third-order valence-corrected chi connectivity index (χ3v) is 8.75. The molecule has 35 heavy (non-hydrogen) atoms. The molecule has 9 heteroatoms. The van der Waals surface area contributed by atoms with Crippen molar-refractivity contribution >= 4 is 11.9 Å². The number of likely N-dealkylation sites (tertiary alicyclic amines) is 1. The van der Waals surface area contributed by atoms with E-state index in [9.17, 15) is 14.7 Å². The van der Waals surface area contributed by atoms with Gasteiger partial charge in [-0.3, -0.25) is 4.79 Å². The average molecular weight is 485 g/mol. The molecule has 2 saturated heterocycles. The lowest BCUT2D eigenvalue weighted by Gasteiger charge is -2.61. The van der Waals surface area contributed by atoms with E-state index in [0.717, 1.165) is 30.6 Å². The van der Waals surface area contributed by atoms with Crippen molar-refractivity contribution in [1.29, 1.82) is 0 Å². The Balaban J connectivity index is 1.32. The topological polar surface area (TPSA) is 107 Å². The van der Waals surface area contributed by atoms with Crippen LogP contribution in [0.2, 0.25) is 0 Å². The van der Waals surface area contributed by atoms with Crippen molar-refractivity contribution in [2.45, 2.75) is 74.3 Å². The molecular weight excluding hydrogens is 452 g/mol. The van der Waals surface area contributed by atoms with E-state index in [-0.39, 0.29) is 12.1 Å². The number of aliphatic hydroxyl groups is 1. The first-order valence-corrected chi connectivity index (χ1v) is 12.5. The molecule has 6 rings (SSSR count). The van der Waals surface area contributed by atoms with Crippen molar-refractivity contribution in [3.05, 3.63) is 35.1 Å². The molecule has 2 aliphatic carbocycles. The molecule has 0 saturated carbocycles. The monoisotopic (exact) mass is 484 g/mol. The van der Waals surface area contributed by atoms with Crippen molar-refractivity contribution in [1.82, 2.24) is 10.2 Å². The van der Waals surface area contributed by atoms with Crippen molar-refractivity contribution in [2.75, 3.05) is 27.2 Å². The van der Waals surface area contributed by atoms with Crippen LogP contribution in [0.4, 0.5) is 0 Å². The fourth-order valence-corrected chi connectivity index (χ4v) is 6.98. The molecule has 188 valence electrons. The normalized spacial score (nSPS) is 35.4. The molecular formula is C26H32N2O7. The molecule has 1 unspecified atom stereocenters. The van der Waals surface area contributed by atoms with Gasteiger partial charge in [0.2, 0.25) is 0 Å². The van der Waals surface area contributed by atoms with Crippen LogP contribution in [-0.2, 0) is 30.9 Å². The first kappa shape index (κ1) is 22.8. The number of likely N-dealkylation sites (N-methyl/N-ethyl adjacent to an activating group) is 1. The number of nitrogens with zero attached hydrogens (tertiary/aromatic N) is 1. The SMILES string of the molecule is COc1ccc2c3c1O[C@H]1C(OC(=O)[C@H](C)OC(=O)C4CCCN4)=CC[C@@]4(O)[C@@H](C2)N(C)CC[C@]314. The lowest BCUT2D eigenvalue weighted by molar-refractivity contribution is -0.176.